The monoisotopic (exact) mass is 187 g/mol. The highest BCUT2D eigenvalue weighted by molar-refractivity contribution is 5.75. The predicted molar refractivity (Wildman–Crippen MR) is 49.2 cm³/mol. The van der Waals surface area contributed by atoms with Crippen molar-refractivity contribution in [2.45, 2.75) is 33.1 Å². The van der Waals surface area contributed by atoms with E-state index in [0.717, 1.165) is 0 Å². The minimum Gasteiger partial charge on any atom is -0.466 e. The number of carbonyl (C=O) groups is 2. The molecule has 76 valence electrons. The summed E-state index contributed by atoms with van der Waals surface area (Å²) in [6.45, 7) is 4.53. The molecule has 1 amide bonds. The van der Waals surface area contributed by atoms with Gasteiger partial charge in [-0.05, 0) is 13.3 Å². The Balaban J connectivity index is 3.25. The first-order valence-corrected chi connectivity index (χ1v) is 4.63. The van der Waals surface area contributed by atoms with E-state index in [-0.39, 0.29) is 11.9 Å². The van der Waals surface area contributed by atoms with Crippen molar-refractivity contribution in [2.24, 2.45) is 0 Å². The molecule has 0 aromatic heterocycles. The molecule has 0 bridgehead atoms. The van der Waals surface area contributed by atoms with E-state index in [1.807, 2.05) is 0 Å². The first-order valence-electron chi connectivity index (χ1n) is 4.63. The maximum absolute atomic E-state index is 10.8. The minimum absolute atomic E-state index is 0.0175. The molecule has 4 heteroatoms. The van der Waals surface area contributed by atoms with E-state index in [9.17, 15) is 9.59 Å². The Morgan fingerprint density at radius 1 is 1.31 bits per heavy atom. The van der Waals surface area contributed by atoms with Gasteiger partial charge in [-0.25, -0.2) is 0 Å². The van der Waals surface area contributed by atoms with Gasteiger partial charge in [-0.2, -0.15) is 0 Å². The van der Waals surface area contributed by atoms with E-state index < -0.39 is 0 Å². The largest absolute Gasteiger partial charge is 0.466 e. The molecule has 13 heavy (non-hydrogen) atoms. The second kappa shape index (κ2) is 7.58. The summed E-state index contributed by atoms with van der Waals surface area (Å²) in [6, 6.07) is 0. The average Bonchev–Trinajstić information content (AvgIpc) is 2.12. The van der Waals surface area contributed by atoms with Gasteiger partial charge in [-0.3, -0.25) is 9.59 Å². The lowest BCUT2D eigenvalue weighted by Crippen LogP contribution is -2.23. The fourth-order valence-corrected chi connectivity index (χ4v) is 0.819. The zero-order valence-electron chi connectivity index (χ0n) is 8.26. The summed E-state index contributed by atoms with van der Waals surface area (Å²) < 4.78 is 4.72. The van der Waals surface area contributed by atoms with Gasteiger partial charge in [-0.15, -0.1) is 0 Å². The first-order chi connectivity index (χ1) is 6.20. The second-order valence-corrected chi connectivity index (χ2v) is 2.61. The van der Waals surface area contributed by atoms with Gasteiger partial charge in [0, 0.05) is 19.4 Å². The van der Waals surface area contributed by atoms with Crippen LogP contribution in [0.25, 0.3) is 0 Å². The fourth-order valence-electron chi connectivity index (χ4n) is 0.819. The number of amides is 1. The molecule has 0 aliphatic rings. The molecule has 0 rings (SSSR count). The molecular weight excluding hydrogens is 170 g/mol. The minimum atomic E-state index is -0.201. The SMILES string of the molecule is CCOC(=O)CCCNC(=O)CC. The highest BCUT2D eigenvalue weighted by atomic mass is 16.5. The lowest BCUT2D eigenvalue weighted by atomic mass is 10.3. The van der Waals surface area contributed by atoms with Gasteiger partial charge in [0.1, 0.15) is 0 Å². The molecule has 0 aromatic carbocycles. The molecule has 0 aliphatic carbocycles. The Labute approximate surface area is 78.6 Å². The van der Waals surface area contributed by atoms with E-state index in [2.05, 4.69) is 5.32 Å². The maximum Gasteiger partial charge on any atom is 0.305 e. The van der Waals surface area contributed by atoms with E-state index >= 15 is 0 Å². The standard InChI is InChI=1S/C9H17NO3/c1-3-8(11)10-7-5-6-9(12)13-4-2/h3-7H2,1-2H3,(H,10,11). The van der Waals surface area contributed by atoms with Crippen LogP contribution < -0.4 is 5.32 Å². The molecule has 0 spiro atoms. The molecule has 0 atom stereocenters. The number of nitrogens with one attached hydrogen (secondary N) is 1. The van der Waals surface area contributed by atoms with Crippen LogP contribution in [0, 0.1) is 0 Å². The van der Waals surface area contributed by atoms with Gasteiger partial charge >= 0.3 is 5.97 Å². The Morgan fingerprint density at radius 3 is 2.54 bits per heavy atom. The Bertz CT molecular complexity index is 168. The number of carbonyl (C=O) groups excluding carboxylic acids is 2. The van der Waals surface area contributed by atoms with Crippen molar-refractivity contribution >= 4 is 11.9 Å². The summed E-state index contributed by atoms with van der Waals surface area (Å²) >= 11 is 0. The van der Waals surface area contributed by atoms with Crippen LogP contribution >= 0.6 is 0 Å². The van der Waals surface area contributed by atoms with Crippen molar-refractivity contribution in [3.05, 3.63) is 0 Å². The van der Waals surface area contributed by atoms with Gasteiger partial charge in [0.15, 0.2) is 0 Å². The van der Waals surface area contributed by atoms with Gasteiger partial charge in [0.05, 0.1) is 6.61 Å². The zero-order valence-corrected chi connectivity index (χ0v) is 8.26. The van der Waals surface area contributed by atoms with Crippen molar-refractivity contribution in [1.82, 2.24) is 5.32 Å². The molecule has 0 aliphatic heterocycles. The van der Waals surface area contributed by atoms with Crippen LogP contribution in [0.1, 0.15) is 33.1 Å². The van der Waals surface area contributed by atoms with Crippen LogP contribution in [0.5, 0.6) is 0 Å². The van der Waals surface area contributed by atoms with Gasteiger partial charge in [0.25, 0.3) is 0 Å². The third kappa shape index (κ3) is 7.31. The number of esters is 1. The summed E-state index contributed by atoms with van der Waals surface area (Å²) in [5, 5.41) is 2.68. The maximum atomic E-state index is 10.8. The lowest BCUT2D eigenvalue weighted by molar-refractivity contribution is -0.143. The summed E-state index contributed by atoms with van der Waals surface area (Å²) in [7, 11) is 0. The molecule has 0 unspecified atom stereocenters. The third-order valence-electron chi connectivity index (χ3n) is 1.51. The smallest absolute Gasteiger partial charge is 0.305 e. The molecule has 0 saturated carbocycles. The number of rotatable bonds is 6. The van der Waals surface area contributed by atoms with Crippen LogP contribution in [-0.4, -0.2) is 25.0 Å². The van der Waals surface area contributed by atoms with Crippen molar-refractivity contribution in [1.29, 1.82) is 0 Å². The van der Waals surface area contributed by atoms with Crippen LogP contribution in [0.3, 0.4) is 0 Å². The van der Waals surface area contributed by atoms with Crippen LogP contribution in [0.4, 0.5) is 0 Å². The molecule has 4 nitrogen and oxygen atoms in total. The third-order valence-corrected chi connectivity index (χ3v) is 1.51. The quantitative estimate of drug-likeness (QED) is 0.495. The number of hydrogen-bond acceptors (Lipinski definition) is 3. The fraction of sp³-hybridized carbons (Fsp3) is 0.778. The molecule has 0 radical (unpaired) electrons. The highest BCUT2D eigenvalue weighted by Crippen LogP contribution is 1.91. The van der Waals surface area contributed by atoms with Crippen molar-refractivity contribution in [3.63, 3.8) is 0 Å². The van der Waals surface area contributed by atoms with Crippen molar-refractivity contribution in [2.75, 3.05) is 13.2 Å². The van der Waals surface area contributed by atoms with E-state index in [4.69, 9.17) is 4.74 Å². The van der Waals surface area contributed by atoms with Gasteiger partial charge in [0.2, 0.25) is 5.91 Å². The molecule has 0 saturated heterocycles. The lowest BCUT2D eigenvalue weighted by Gasteiger charge is -2.03. The molecule has 0 fully saturated rings. The summed E-state index contributed by atoms with van der Waals surface area (Å²) in [6.07, 6.45) is 1.50. The van der Waals surface area contributed by atoms with Crippen LogP contribution in [-0.2, 0) is 14.3 Å². The van der Waals surface area contributed by atoms with E-state index in [0.29, 0.717) is 32.4 Å². The van der Waals surface area contributed by atoms with Crippen molar-refractivity contribution in [3.8, 4) is 0 Å². The second-order valence-electron chi connectivity index (χ2n) is 2.61. The number of ether oxygens (including phenoxy) is 1. The zero-order chi connectivity index (χ0) is 10.1. The average molecular weight is 187 g/mol. The van der Waals surface area contributed by atoms with Gasteiger partial charge in [-0.1, -0.05) is 6.92 Å². The molecule has 1 N–H and O–H groups in total. The Morgan fingerprint density at radius 2 is 2.00 bits per heavy atom. The normalized spacial score (nSPS) is 9.38. The van der Waals surface area contributed by atoms with Crippen molar-refractivity contribution < 1.29 is 14.3 Å². The molecular formula is C9H17NO3. The highest BCUT2D eigenvalue weighted by Gasteiger charge is 2.01. The summed E-state index contributed by atoms with van der Waals surface area (Å²) in [5.41, 5.74) is 0. The number of hydrogen-bond donors (Lipinski definition) is 1. The van der Waals surface area contributed by atoms with Crippen LogP contribution in [0.2, 0.25) is 0 Å². The Kier molecular flexibility index (Phi) is 6.96. The predicted octanol–water partition coefficient (Wildman–Crippen LogP) is 0.856. The summed E-state index contributed by atoms with van der Waals surface area (Å²) in [5.74, 6) is -0.183. The van der Waals surface area contributed by atoms with Gasteiger partial charge < -0.3 is 10.1 Å². The topological polar surface area (TPSA) is 55.4 Å². The summed E-state index contributed by atoms with van der Waals surface area (Å²) in [4.78, 5) is 21.6. The van der Waals surface area contributed by atoms with E-state index in [1.165, 1.54) is 0 Å². The van der Waals surface area contributed by atoms with E-state index in [1.54, 1.807) is 13.8 Å². The molecule has 0 aromatic rings. The first kappa shape index (κ1) is 11.9. The molecule has 0 heterocycles. The van der Waals surface area contributed by atoms with Crippen LogP contribution in [0.15, 0.2) is 0 Å². The Hall–Kier alpha value is -1.06.